The maximum atomic E-state index is 14.1. The first kappa shape index (κ1) is 34.2. The summed E-state index contributed by atoms with van der Waals surface area (Å²) in [6.07, 6.45) is 2.61. The highest BCUT2D eigenvalue weighted by Crippen LogP contribution is 2.23. The second-order valence-corrected chi connectivity index (χ2v) is 14.0. The van der Waals surface area contributed by atoms with Crippen molar-refractivity contribution in [2.24, 2.45) is 0 Å². The lowest BCUT2D eigenvalue weighted by molar-refractivity contribution is -0.141. The van der Waals surface area contributed by atoms with Gasteiger partial charge >= 0.3 is 0 Å². The van der Waals surface area contributed by atoms with Crippen molar-refractivity contribution in [3.05, 3.63) is 130 Å². The molecule has 1 atom stereocenters. The van der Waals surface area contributed by atoms with Crippen molar-refractivity contribution < 1.29 is 22.7 Å². The van der Waals surface area contributed by atoms with E-state index in [1.165, 1.54) is 4.31 Å². The number of carbonyl (C=O) groups excluding carboxylic acids is 2. The Morgan fingerprint density at radius 2 is 1.45 bits per heavy atom. The van der Waals surface area contributed by atoms with Gasteiger partial charge < -0.3 is 15.0 Å². The third-order valence-electron chi connectivity index (χ3n) is 8.42. The zero-order chi connectivity index (χ0) is 33.2. The van der Waals surface area contributed by atoms with Gasteiger partial charge in [-0.2, -0.15) is 4.31 Å². The van der Waals surface area contributed by atoms with E-state index < -0.39 is 16.1 Å². The van der Waals surface area contributed by atoms with Crippen LogP contribution in [0.3, 0.4) is 0 Å². The number of carbonyl (C=O) groups is 2. The van der Waals surface area contributed by atoms with Gasteiger partial charge in [-0.05, 0) is 77.9 Å². The molecule has 5 rings (SSSR count). The Morgan fingerprint density at radius 3 is 2.09 bits per heavy atom. The van der Waals surface area contributed by atoms with Gasteiger partial charge in [-0.25, -0.2) is 8.42 Å². The summed E-state index contributed by atoms with van der Waals surface area (Å²) in [5.41, 5.74) is 3.53. The average molecular weight is 674 g/mol. The molecular weight excluding hydrogens is 634 g/mol. The molecule has 0 radical (unpaired) electrons. The monoisotopic (exact) mass is 673 g/mol. The van der Waals surface area contributed by atoms with E-state index in [1.54, 1.807) is 48.4 Å². The molecule has 1 saturated heterocycles. The fraction of sp³-hybridized carbons (Fsp3) is 0.297. The Labute approximate surface area is 282 Å². The van der Waals surface area contributed by atoms with Crippen LogP contribution in [0.5, 0.6) is 5.75 Å². The predicted molar refractivity (Wildman–Crippen MR) is 184 cm³/mol. The number of ether oxygens (including phenoxy) is 1. The summed E-state index contributed by atoms with van der Waals surface area (Å²) < 4.78 is 32.7. The van der Waals surface area contributed by atoms with Gasteiger partial charge in [-0.1, -0.05) is 78.3 Å². The Balaban J connectivity index is 1.36. The van der Waals surface area contributed by atoms with Gasteiger partial charge in [0.1, 0.15) is 11.8 Å². The number of sulfonamides is 1. The number of amides is 2. The summed E-state index contributed by atoms with van der Waals surface area (Å²) >= 11 is 6.15. The van der Waals surface area contributed by atoms with Gasteiger partial charge in [0.15, 0.2) is 0 Å². The quantitative estimate of drug-likeness (QED) is 0.177. The summed E-state index contributed by atoms with van der Waals surface area (Å²) in [6, 6.07) is 30.4. The lowest BCUT2D eigenvalue weighted by Gasteiger charge is -2.32. The molecule has 1 unspecified atom stereocenters. The Morgan fingerprint density at radius 1 is 0.830 bits per heavy atom. The van der Waals surface area contributed by atoms with Crippen molar-refractivity contribution in [3.63, 3.8) is 0 Å². The van der Waals surface area contributed by atoms with Gasteiger partial charge in [0.2, 0.25) is 21.8 Å². The molecule has 4 aromatic rings. The zero-order valence-electron chi connectivity index (χ0n) is 26.5. The topological polar surface area (TPSA) is 96.0 Å². The predicted octanol–water partition coefficient (Wildman–Crippen LogP) is 6.02. The molecule has 0 aromatic heterocycles. The summed E-state index contributed by atoms with van der Waals surface area (Å²) in [7, 11) is -1.92. The van der Waals surface area contributed by atoms with Gasteiger partial charge in [0, 0.05) is 44.0 Å². The third kappa shape index (κ3) is 9.22. The van der Waals surface area contributed by atoms with Crippen molar-refractivity contribution in [3.8, 4) is 5.75 Å². The second kappa shape index (κ2) is 16.1. The maximum Gasteiger partial charge on any atom is 0.243 e. The Bertz CT molecular complexity index is 1730. The fourth-order valence-electron chi connectivity index (χ4n) is 5.69. The van der Waals surface area contributed by atoms with E-state index in [0.717, 1.165) is 40.8 Å². The maximum absolute atomic E-state index is 14.1. The normalized spacial score (nSPS) is 14.0. The number of halogens is 1. The van der Waals surface area contributed by atoms with Crippen molar-refractivity contribution >= 4 is 33.4 Å². The first-order valence-electron chi connectivity index (χ1n) is 15.8. The van der Waals surface area contributed by atoms with E-state index in [-0.39, 0.29) is 29.7 Å². The molecule has 0 bridgehead atoms. The number of methoxy groups -OCH3 is 1. The van der Waals surface area contributed by atoms with Crippen LogP contribution in [0.1, 0.15) is 41.5 Å². The van der Waals surface area contributed by atoms with Gasteiger partial charge in [0.25, 0.3) is 0 Å². The van der Waals surface area contributed by atoms with Gasteiger partial charge in [-0.15, -0.1) is 0 Å². The molecule has 1 N–H and O–H groups in total. The van der Waals surface area contributed by atoms with Crippen molar-refractivity contribution in [1.29, 1.82) is 0 Å². The lowest BCUT2D eigenvalue weighted by atomic mass is 10.0. The molecule has 1 aliphatic heterocycles. The lowest BCUT2D eigenvalue weighted by Crippen LogP contribution is -2.50. The molecule has 4 aromatic carbocycles. The smallest absolute Gasteiger partial charge is 0.243 e. The molecule has 1 aliphatic rings. The molecule has 0 spiro atoms. The molecule has 1 heterocycles. The Hall–Kier alpha value is -4.18. The summed E-state index contributed by atoms with van der Waals surface area (Å²) in [6.45, 7) is 1.60. The zero-order valence-corrected chi connectivity index (χ0v) is 28.1. The number of rotatable bonds is 14. The largest absolute Gasteiger partial charge is 0.497 e. The number of benzene rings is 4. The fourth-order valence-corrected chi connectivity index (χ4v) is 7.33. The first-order valence-corrected chi connectivity index (χ1v) is 17.6. The van der Waals surface area contributed by atoms with Crippen LogP contribution < -0.4 is 10.1 Å². The second-order valence-electron chi connectivity index (χ2n) is 11.7. The van der Waals surface area contributed by atoms with E-state index >= 15 is 0 Å². The standard InChI is InChI=1S/C37H40ClN3O5S/c1-46-33-18-11-30(12-19-33)26-39-37(43)35(25-29-7-3-2-4-8-29)41(27-31-9-16-32(38)17-10-31)36(42)22-15-28-13-20-34(21-14-28)47(44,45)40-23-5-6-24-40/h2-4,7-14,16-21,35H,5-6,15,22-27H2,1H3,(H,39,43). The van der Waals surface area contributed by atoms with Crippen molar-refractivity contribution in [1.82, 2.24) is 14.5 Å². The van der Waals surface area contributed by atoms with Crippen LogP contribution in [0.15, 0.2) is 108 Å². The minimum atomic E-state index is -3.52. The highest BCUT2D eigenvalue weighted by molar-refractivity contribution is 7.89. The SMILES string of the molecule is COc1ccc(CNC(=O)C(Cc2ccccc2)N(Cc2ccc(Cl)cc2)C(=O)CCc2ccc(S(=O)(=O)N3CCCC3)cc2)cc1. The van der Waals surface area contributed by atoms with Crippen molar-refractivity contribution in [2.45, 2.75) is 56.1 Å². The van der Waals surface area contributed by atoms with Crippen LogP contribution >= 0.6 is 11.6 Å². The highest BCUT2D eigenvalue weighted by atomic mass is 35.5. The molecular formula is C37H40ClN3O5S. The number of hydrogen-bond donors (Lipinski definition) is 1. The van der Waals surface area contributed by atoms with Crippen LogP contribution in [-0.4, -0.2) is 55.7 Å². The van der Waals surface area contributed by atoms with E-state index in [2.05, 4.69) is 5.32 Å². The number of nitrogens with zero attached hydrogens (tertiary/aromatic N) is 2. The van der Waals surface area contributed by atoms with Crippen LogP contribution in [0.25, 0.3) is 0 Å². The number of nitrogens with one attached hydrogen (secondary N) is 1. The average Bonchev–Trinajstić information content (AvgIpc) is 3.66. The molecule has 47 heavy (non-hydrogen) atoms. The number of hydrogen-bond acceptors (Lipinski definition) is 5. The summed E-state index contributed by atoms with van der Waals surface area (Å²) in [4.78, 5) is 29.9. The minimum Gasteiger partial charge on any atom is -0.497 e. The molecule has 0 saturated carbocycles. The third-order valence-corrected chi connectivity index (χ3v) is 10.6. The highest BCUT2D eigenvalue weighted by Gasteiger charge is 2.31. The molecule has 0 aliphatic carbocycles. The molecule has 10 heteroatoms. The number of aryl methyl sites for hydroxylation is 1. The summed E-state index contributed by atoms with van der Waals surface area (Å²) in [5.74, 6) is 0.280. The van der Waals surface area contributed by atoms with E-state index in [1.807, 2.05) is 66.7 Å². The van der Waals surface area contributed by atoms with Crippen LogP contribution in [0.4, 0.5) is 0 Å². The molecule has 246 valence electrons. The molecule has 1 fully saturated rings. The van der Waals surface area contributed by atoms with Gasteiger partial charge in [0.05, 0.1) is 12.0 Å². The molecule has 2 amide bonds. The minimum absolute atomic E-state index is 0.142. The van der Waals surface area contributed by atoms with E-state index in [0.29, 0.717) is 37.5 Å². The van der Waals surface area contributed by atoms with Crippen LogP contribution in [0.2, 0.25) is 5.02 Å². The Kier molecular flexibility index (Phi) is 11.7. The van der Waals surface area contributed by atoms with Crippen molar-refractivity contribution in [2.75, 3.05) is 20.2 Å². The summed E-state index contributed by atoms with van der Waals surface area (Å²) in [5, 5.41) is 3.63. The molecule has 8 nitrogen and oxygen atoms in total. The van der Waals surface area contributed by atoms with E-state index in [9.17, 15) is 18.0 Å². The van der Waals surface area contributed by atoms with E-state index in [4.69, 9.17) is 16.3 Å². The van der Waals surface area contributed by atoms with Crippen LogP contribution in [-0.2, 0) is 45.5 Å². The van der Waals surface area contributed by atoms with Crippen LogP contribution in [0, 0.1) is 0 Å². The first-order chi connectivity index (χ1) is 22.7. The van der Waals surface area contributed by atoms with Gasteiger partial charge in [-0.3, -0.25) is 9.59 Å².